The SMILES string of the molecule is COc1ccc([C@@H]2Cc3c(C#N)cc(OC)cc3[C@@H]3CCCC[C@H]23)cc1. The molecule has 3 nitrogen and oxygen atoms in total. The monoisotopic (exact) mass is 347 g/mol. The number of hydrogen-bond acceptors (Lipinski definition) is 3. The molecule has 26 heavy (non-hydrogen) atoms. The van der Waals surface area contributed by atoms with E-state index in [9.17, 15) is 5.26 Å². The van der Waals surface area contributed by atoms with Crippen LogP contribution in [0.15, 0.2) is 36.4 Å². The van der Waals surface area contributed by atoms with E-state index >= 15 is 0 Å². The molecule has 0 N–H and O–H groups in total. The normalized spacial score (nSPS) is 24.1. The Bertz CT molecular complexity index is 835. The van der Waals surface area contributed by atoms with Gasteiger partial charge >= 0.3 is 0 Å². The number of methoxy groups -OCH3 is 2. The zero-order valence-corrected chi connectivity index (χ0v) is 15.5. The van der Waals surface area contributed by atoms with Crippen molar-refractivity contribution in [2.45, 2.75) is 43.9 Å². The van der Waals surface area contributed by atoms with Gasteiger partial charge in [-0.25, -0.2) is 0 Å². The summed E-state index contributed by atoms with van der Waals surface area (Å²) in [4.78, 5) is 0. The zero-order chi connectivity index (χ0) is 18.1. The Kier molecular flexibility index (Phi) is 4.59. The first-order valence-electron chi connectivity index (χ1n) is 9.50. The van der Waals surface area contributed by atoms with Crippen molar-refractivity contribution in [2.24, 2.45) is 5.92 Å². The van der Waals surface area contributed by atoms with E-state index in [1.807, 2.05) is 6.07 Å². The summed E-state index contributed by atoms with van der Waals surface area (Å²) < 4.78 is 10.8. The molecule has 1 fully saturated rings. The van der Waals surface area contributed by atoms with Crippen molar-refractivity contribution in [3.8, 4) is 17.6 Å². The lowest BCUT2D eigenvalue weighted by atomic mass is 9.61. The van der Waals surface area contributed by atoms with Gasteiger partial charge in [0.05, 0.1) is 25.9 Å². The molecular weight excluding hydrogens is 322 g/mol. The van der Waals surface area contributed by atoms with Crippen LogP contribution in [-0.4, -0.2) is 14.2 Å². The van der Waals surface area contributed by atoms with E-state index in [0.29, 0.717) is 17.8 Å². The molecule has 134 valence electrons. The molecule has 0 radical (unpaired) electrons. The van der Waals surface area contributed by atoms with Gasteiger partial charge in [-0.15, -0.1) is 0 Å². The largest absolute Gasteiger partial charge is 0.497 e. The Morgan fingerprint density at radius 3 is 2.35 bits per heavy atom. The van der Waals surface area contributed by atoms with E-state index in [2.05, 4.69) is 36.4 Å². The van der Waals surface area contributed by atoms with Crippen LogP contribution >= 0.6 is 0 Å². The maximum absolute atomic E-state index is 9.71. The quantitative estimate of drug-likeness (QED) is 0.767. The summed E-state index contributed by atoms with van der Waals surface area (Å²) >= 11 is 0. The highest BCUT2D eigenvalue weighted by Crippen LogP contribution is 2.52. The van der Waals surface area contributed by atoms with Crippen molar-refractivity contribution < 1.29 is 9.47 Å². The third-order valence-electron chi connectivity index (χ3n) is 6.32. The highest BCUT2D eigenvalue weighted by Gasteiger charge is 2.39. The standard InChI is InChI=1S/C23H25NO2/c1-25-17-9-7-15(8-10-17)21-13-22-16(14-24)11-18(26-2)12-23(22)20-6-4-3-5-19(20)21/h7-12,19-21H,3-6,13H2,1-2H3/t19-,20+,21-/m0/s1. The molecule has 0 aromatic heterocycles. The minimum atomic E-state index is 0.471. The van der Waals surface area contributed by atoms with Crippen LogP contribution < -0.4 is 9.47 Å². The summed E-state index contributed by atoms with van der Waals surface area (Å²) in [5, 5.41) is 9.71. The van der Waals surface area contributed by atoms with Gasteiger partial charge in [-0.1, -0.05) is 25.0 Å². The lowest BCUT2D eigenvalue weighted by Gasteiger charge is -2.43. The van der Waals surface area contributed by atoms with Gasteiger partial charge in [0.1, 0.15) is 11.5 Å². The Balaban J connectivity index is 1.80. The molecule has 0 spiro atoms. The minimum Gasteiger partial charge on any atom is -0.497 e. The van der Waals surface area contributed by atoms with Gasteiger partial charge in [0.2, 0.25) is 0 Å². The zero-order valence-electron chi connectivity index (χ0n) is 15.5. The fraction of sp³-hybridized carbons (Fsp3) is 0.435. The molecule has 3 atom stereocenters. The molecule has 2 aliphatic carbocycles. The first-order chi connectivity index (χ1) is 12.7. The van der Waals surface area contributed by atoms with Crippen LogP contribution in [0.3, 0.4) is 0 Å². The summed E-state index contributed by atoms with van der Waals surface area (Å²) in [6, 6.07) is 15.0. The molecule has 2 aromatic rings. The summed E-state index contributed by atoms with van der Waals surface area (Å²) in [5.41, 5.74) is 4.74. The van der Waals surface area contributed by atoms with Crippen LogP contribution in [0.4, 0.5) is 0 Å². The molecule has 0 unspecified atom stereocenters. The Morgan fingerprint density at radius 2 is 1.65 bits per heavy atom. The number of nitriles is 1. The second-order valence-electron chi connectivity index (χ2n) is 7.49. The van der Waals surface area contributed by atoms with Crippen molar-refractivity contribution in [1.82, 2.24) is 0 Å². The Labute approximate surface area is 155 Å². The van der Waals surface area contributed by atoms with Crippen molar-refractivity contribution in [1.29, 1.82) is 5.26 Å². The first kappa shape index (κ1) is 17.0. The fourth-order valence-corrected chi connectivity index (χ4v) is 5.06. The van der Waals surface area contributed by atoms with Crippen LogP contribution in [0.2, 0.25) is 0 Å². The van der Waals surface area contributed by atoms with Gasteiger partial charge in [-0.05, 0) is 78.0 Å². The van der Waals surface area contributed by atoms with Gasteiger partial charge in [0.15, 0.2) is 0 Å². The summed E-state index contributed by atoms with van der Waals surface area (Å²) in [6.07, 6.45) is 5.99. The summed E-state index contributed by atoms with van der Waals surface area (Å²) in [5.74, 6) is 3.35. The average Bonchev–Trinajstić information content (AvgIpc) is 2.72. The predicted octanol–water partition coefficient (Wildman–Crippen LogP) is 5.19. The van der Waals surface area contributed by atoms with Crippen LogP contribution in [0.1, 0.15) is 59.8 Å². The number of benzene rings is 2. The van der Waals surface area contributed by atoms with Gasteiger partial charge in [0, 0.05) is 0 Å². The van der Waals surface area contributed by atoms with Crippen molar-refractivity contribution in [3.05, 3.63) is 58.7 Å². The van der Waals surface area contributed by atoms with Crippen LogP contribution in [0.25, 0.3) is 0 Å². The van der Waals surface area contributed by atoms with Crippen molar-refractivity contribution in [2.75, 3.05) is 14.2 Å². The molecule has 0 amide bonds. The van der Waals surface area contributed by atoms with Crippen LogP contribution in [0.5, 0.6) is 11.5 Å². The molecule has 0 saturated heterocycles. The summed E-state index contributed by atoms with van der Waals surface area (Å²) in [6.45, 7) is 0. The molecule has 1 saturated carbocycles. The Hall–Kier alpha value is -2.47. The topological polar surface area (TPSA) is 42.2 Å². The van der Waals surface area contributed by atoms with Gasteiger partial charge in [0.25, 0.3) is 0 Å². The third kappa shape index (κ3) is 2.84. The molecule has 0 heterocycles. The van der Waals surface area contributed by atoms with Crippen molar-refractivity contribution in [3.63, 3.8) is 0 Å². The van der Waals surface area contributed by atoms with Crippen LogP contribution in [0, 0.1) is 17.2 Å². The second kappa shape index (κ2) is 7.03. The maximum atomic E-state index is 9.71. The Morgan fingerprint density at radius 1 is 0.923 bits per heavy atom. The molecular formula is C23H25NO2. The van der Waals surface area contributed by atoms with Crippen molar-refractivity contribution >= 4 is 0 Å². The second-order valence-corrected chi connectivity index (χ2v) is 7.49. The fourth-order valence-electron chi connectivity index (χ4n) is 5.06. The maximum Gasteiger partial charge on any atom is 0.120 e. The number of rotatable bonds is 3. The van der Waals surface area contributed by atoms with Crippen LogP contribution in [-0.2, 0) is 6.42 Å². The van der Waals surface area contributed by atoms with E-state index in [4.69, 9.17) is 9.47 Å². The lowest BCUT2D eigenvalue weighted by Crippen LogP contribution is -2.31. The average molecular weight is 347 g/mol. The lowest BCUT2D eigenvalue weighted by molar-refractivity contribution is 0.242. The van der Waals surface area contributed by atoms with Gasteiger partial charge in [-0.2, -0.15) is 5.26 Å². The molecule has 2 aromatic carbocycles. The van der Waals surface area contributed by atoms with Gasteiger partial charge < -0.3 is 9.47 Å². The summed E-state index contributed by atoms with van der Waals surface area (Å²) in [7, 11) is 3.39. The van der Waals surface area contributed by atoms with E-state index in [1.165, 1.54) is 42.4 Å². The molecule has 3 heteroatoms. The number of ether oxygens (including phenoxy) is 2. The molecule has 4 rings (SSSR count). The van der Waals surface area contributed by atoms with E-state index in [0.717, 1.165) is 23.5 Å². The number of fused-ring (bicyclic) bond motifs is 3. The smallest absolute Gasteiger partial charge is 0.120 e. The highest BCUT2D eigenvalue weighted by molar-refractivity contribution is 5.52. The van der Waals surface area contributed by atoms with E-state index in [1.54, 1.807) is 14.2 Å². The molecule has 0 aliphatic heterocycles. The van der Waals surface area contributed by atoms with Gasteiger partial charge in [-0.3, -0.25) is 0 Å². The number of nitrogens with zero attached hydrogens (tertiary/aromatic N) is 1. The highest BCUT2D eigenvalue weighted by atomic mass is 16.5. The third-order valence-corrected chi connectivity index (χ3v) is 6.32. The minimum absolute atomic E-state index is 0.471. The number of hydrogen-bond donors (Lipinski definition) is 0. The molecule has 0 bridgehead atoms. The van der Waals surface area contributed by atoms with E-state index < -0.39 is 0 Å². The van der Waals surface area contributed by atoms with E-state index in [-0.39, 0.29) is 0 Å². The first-order valence-corrected chi connectivity index (χ1v) is 9.50. The predicted molar refractivity (Wildman–Crippen MR) is 102 cm³/mol. The molecule has 2 aliphatic rings.